The number of rotatable bonds is 10. The Morgan fingerprint density at radius 1 is 1.13 bits per heavy atom. The van der Waals surface area contributed by atoms with E-state index in [1.54, 1.807) is 24.3 Å². The number of methoxy groups -OCH3 is 1. The van der Waals surface area contributed by atoms with E-state index in [9.17, 15) is 28.1 Å². The number of carbonyl (C=O) groups is 1. The van der Waals surface area contributed by atoms with Crippen molar-refractivity contribution in [3.63, 3.8) is 0 Å². The summed E-state index contributed by atoms with van der Waals surface area (Å²) in [5.74, 6) is 0.881. The van der Waals surface area contributed by atoms with Crippen LogP contribution in [0.5, 0.6) is 11.5 Å². The number of nitro benzene ring substituents is 1. The Balaban J connectivity index is 1.76. The van der Waals surface area contributed by atoms with E-state index in [0.29, 0.717) is 17.6 Å². The van der Waals surface area contributed by atoms with E-state index in [-0.39, 0.29) is 37.7 Å². The Labute approximate surface area is 170 Å². The number of alkyl halides is 3. The van der Waals surface area contributed by atoms with Crippen molar-refractivity contribution in [2.75, 3.05) is 32.1 Å². The van der Waals surface area contributed by atoms with Crippen LogP contribution >= 0.6 is 0 Å². The summed E-state index contributed by atoms with van der Waals surface area (Å²) in [6.07, 6.45) is -4.71. The van der Waals surface area contributed by atoms with Crippen molar-refractivity contribution in [2.24, 2.45) is 0 Å². The zero-order valence-electron chi connectivity index (χ0n) is 16.0. The van der Waals surface area contributed by atoms with Gasteiger partial charge in [-0.1, -0.05) is 6.07 Å². The number of nitrogens with one attached hydrogen (secondary N) is 2. The standard InChI is InChI=1S/C19H20F3N3O5/c1-29-14-3-2-4-15(12-14)30-10-9-24-18(26)7-8-23-16-6-5-13(19(20,21)22)11-17(16)25(27)28/h2-6,11-12,23H,7-10H2,1H3,(H,24,26). The molecule has 0 atom stereocenters. The van der Waals surface area contributed by atoms with Crippen molar-refractivity contribution in [3.05, 3.63) is 58.1 Å². The van der Waals surface area contributed by atoms with Crippen LogP contribution in [0.1, 0.15) is 12.0 Å². The summed E-state index contributed by atoms with van der Waals surface area (Å²) in [5, 5.41) is 16.3. The molecule has 0 fully saturated rings. The van der Waals surface area contributed by atoms with Crippen molar-refractivity contribution in [3.8, 4) is 11.5 Å². The molecule has 0 radical (unpaired) electrons. The first kappa shape index (κ1) is 22.8. The summed E-state index contributed by atoms with van der Waals surface area (Å²) in [7, 11) is 1.53. The molecule has 0 saturated carbocycles. The molecule has 8 nitrogen and oxygen atoms in total. The van der Waals surface area contributed by atoms with Gasteiger partial charge in [0.15, 0.2) is 0 Å². The molecule has 2 N–H and O–H groups in total. The molecule has 0 aromatic heterocycles. The number of hydrogen-bond donors (Lipinski definition) is 2. The minimum atomic E-state index is -4.68. The van der Waals surface area contributed by atoms with E-state index in [0.717, 1.165) is 12.1 Å². The molecule has 0 aliphatic carbocycles. The molecular formula is C19H20F3N3O5. The lowest BCUT2D eigenvalue weighted by Crippen LogP contribution is -2.29. The fourth-order valence-corrected chi connectivity index (χ4v) is 2.46. The summed E-state index contributed by atoms with van der Waals surface area (Å²) in [4.78, 5) is 22.0. The second kappa shape index (κ2) is 10.3. The number of carbonyl (C=O) groups excluding carboxylic acids is 1. The second-order valence-electron chi connectivity index (χ2n) is 6.04. The number of ether oxygens (including phenoxy) is 2. The van der Waals surface area contributed by atoms with Crippen LogP contribution in [-0.2, 0) is 11.0 Å². The summed E-state index contributed by atoms with van der Waals surface area (Å²) >= 11 is 0. The van der Waals surface area contributed by atoms with E-state index < -0.39 is 22.4 Å². The van der Waals surface area contributed by atoms with Crippen LogP contribution in [0, 0.1) is 10.1 Å². The average molecular weight is 427 g/mol. The van der Waals surface area contributed by atoms with Gasteiger partial charge in [-0.2, -0.15) is 13.2 Å². The number of nitrogens with zero attached hydrogens (tertiary/aromatic N) is 1. The summed E-state index contributed by atoms with van der Waals surface area (Å²) in [6, 6.07) is 9.14. The molecule has 0 unspecified atom stereocenters. The quantitative estimate of drug-likeness (QED) is 0.341. The van der Waals surface area contributed by atoms with Crippen molar-refractivity contribution in [2.45, 2.75) is 12.6 Å². The Hall–Kier alpha value is -3.50. The molecule has 0 aliphatic rings. The second-order valence-corrected chi connectivity index (χ2v) is 6.04. The van der Waals surface area contributed by atoms with E-state index >= 15 is 0 Å². The van der Waals surface area contributed by atoms with Gasteiger partial charge in [0.25, 0.3) is 5.69 Å². The van der Waals surface area contributed by atoms with Gasteiger partial charge in [-0.05, 0) is 24.3 Å². The Morgan fingerprint density at radius 3 is 2.53 bits per heavy atom. The maximum Gasteiger partial charge on any atom is 0.416 e. The van der Waals surface area contributed by atoms with Gasteiger partial charge >= 0.3 is 6.18 Å². The third kappa shape index (κ3) is 6.83. The number of benzene rings is 2. The van der Waals surface area contributed by atoms with Gasteiger partial charge in [0.2, 0.25) is 5.91 Å². The molecule has 2 aromatic carbocycles. The third-order valence-corrected chi connectivity index (χ3v) is 3.92. The highest BCUT2D eigenvalue weighted by molar-refractivity contribution is 5.76. The predicted molar refractivity (Wildman–Crippen MR) is 103 cm³/mol. The molecule has 162 valence electrons. The molecule has 30 heavy (non-hydrogen) atoms. The van der Waals surface area contributed by atoms with Crippen LogP contribution in [0.2, 0.25) is 0 Å². The SMILES string of the molecule is COc1cccc(OCCNC(=O)CCNc2ccc(C(F)(F)F)cc2[N+](=O)[O-])c1. The van der Waals surface area contributed by atoms with Gasteiger partial charge in [-0.3, -0.25) is 14.9 Å². The fourth-order valence-electron chi connectivity index (χ4n) is 2.46. The monoisotopic (exact) mass is 427 g/mol. The first-order chi connectivity index (χ1) is 14.2. The topological polar surface area (TPSA) is 103 Å². The highest BCUT2D eigenvalue weighted by Gasteiger charge is 2.33. The van der Waals surface area contributed by atoms with Crippen LogP contribution < -0.4 is 20.1 Å². The number of amides is 1. The van der Waals surface area contributed by atoms with Gasteiger partial charge in [0.05, 0.1) is 24.1 Å². The molecule has 0 bridgehead atoms. The molecule has 2 aromatic rings. The summed E-state index contributed by atoms with van der Waals surface area (Å²) in [5.41, 5.74) is -1.92. The first-order valence-electron chi connectivity index (χ1n) is 8.84. The van der Waals surface area contributed by atoms with Crippen molar-refractivity contribution in [1.82, 2.24) is 5.32 Å². The predicted octanol–water partition coefficient (Wildman–Crippen LogP) is 3.62. The highest BCUT2D eigenvalue weighted by atomic mass is 19.4. The van der Waals surface area contributed by atoms with Crippen LogP contribution in [0.3, 0.4) is 0 Å². The van der Waals surface area contributed by atoms with Crippen LogP contribution in [-0.4, -0.2) is 37.6 Å². The molecule has 0 spiro atoms. The van der Waals surface area contributed by atoms with Crippen LogP contribution in [0.4, 0.5) is 24.5 Å². The van der Waals surface area contributed by atoms with Gasteiger partial charge < -0.3 is 20.1 Å². The number of hydrogen-bond acceptors (Lipinski definition) is 6. The van der Waals surface area contributed by atoms with Crippen molar-refractivity contribution < 1.29 is 32.4 Å². The number of nitro groups is 1. The number of halogens is 3. The zero-order chi connectivity index (χ0) is 22.1. The minimum Gasteiger partial charge on any atom is -0.497 e. The summed E-state index contributed by atoms with van der Waals surface area (Å²) < 4.78 is 48.7. The molecular weight excluding hydrogens is 407 g/mol. The maximum absolute atomic E-state index is 12.7. The Bertz CT molecular complexity index is 890. The van der Waals surface area contributed by atoms with E-state index in [2.05, 4.69) is 10.6 Å². The minimum absolute atomic E-state index is 0.00871. The molecule has 2 rings (SSSR count). The molecule has 0 saturated heterocycles. The van der Waals surface area contributed by atoms with Crippen molar-refractivity contribution in [1.29, 1.82) is 0 Å². The lowest BCUT2D eigenvalue weighted by Gasteiger charge is -2.11. The normalized spacial score (nSPS) is 10.9. The highest BCUT2D eigenvalue weighted by Crippen LogP contribution is 2.34. The van der Waals surface area contributed by atoms with Gasteiger partial charge in [-0.15, -0.1) is 0 Å². The first-order valence-corrected chi connectivity index (χ1v) is 8.84. The fraction of sp³-hybridized carbons (Fsp3) is 0.316. The van der Waals surface area contributed by atoms with Crippen LogP contribution in [0.15, 0.2) is 42.5 Å². The molecule has 0 heterocycles. The largest absolute Gasteiger partial charge is 0.497 e. The van der Waals surface area contributed by atoms with E-state index in [1.165, 1.54) is 7.11 Å². The van der Waals surface area contributed by atoms with Gasteiger partial charge in [-0.25, -0.2) is 0 Å². The number of anilines is 1. The third-order valence-electron chi connectivity index (χ3n) is 3.92. The van der Waals surface area contributed by atoms with E-state index in [4.69, 9.17) is 9.47 Å². The van der Waals surface area contributed by atoms with Gasteiger partial charge in [0.1, 0.15) is 23.8 Å². The van der Waals surface area contributed by atoms with Gasteiger partial charge in [0, 0.05) is 25.1 Å². The molecule has 0 aliphatic heterocycles. The molecule has 1 amide bonds. The van der Waals surface area contributed by atoms with E-state index in [1.807, 2.05) is 0 Å². The smallest absolute Gasteiger partial charge is 0.416 e. The summed E-state index contributed by atoms with van der Waals surface area (Å²) in [6.45, 7) is 0.460. The van der Waals surface area contributed by atoms with Crippen molar-refractivity contribution >= 4 is 17.3 Å². The Morgan fingerprint density at radius 2 is 1.87 bits per heavy atom. The lowest BCUT2D eigenvalue weighted by molar-refractivity contribution is -0.384. The lowest BCUT2D eigenvalue weighted by atomic mass is 10.1. The zero-order valence-corrected chi connectivity index (χ0v) is 16.0. The van der Waals surface area contributed by atoms with Crippen LogP contribution in [0.25, 0.3) is 0 Å². The molecule has 11 heteroatoms. The average Bonchev–Trinajstić information content (AvgIpc) is 2.70. The Kier molecular flexibility index (Phi) is 7.84. The maximum atomic E-state index is 12.7.